The Morgan fingerprint density at radius 1 is 1.25 bits per heavy atom. The van der Waals surface area contributed by atoms with Crippen LogP contribution in [0.4, 0.5) is 20.7 Å². The molecule has 10 heteroatoms. The second kappa shape index (κ2) is 8.26. The van der Waals surface area contributed by atoms with E-state index in [9.17, 15) is 14.3 Å². The number of halogens is 3. The molecule has 2 heterocycles. The van der Waals surface area contributed by atoms with Crippen molar-refractivity contribution in [2.45, 2.75) is 32.3 Å². The van der Waals surface area contributed by atoms with Gasteiger partial charge in [-0.15, -0.1) is 0 Å². The van der Waals surface area contributed by atoms with Crippen molar-refractivity contribution in [2.75, 3.05) is 18.4 Å². The van der Waals surface area contributed by atoms with Crippen LogP contribution in [0.3, 0.4) is 0 Å². The van der Waals surface area contributed by atoms with E-state index in [4.69, 9.17) is 27.9 Å². The summed E-state index contributed by atoms with van der Waals surface area (Å²) < 4.78 is 19.9. The number of nitrogens with zero attached hydrogens (tertiary/aromatic N) is 3. The van der Waals surface area contributed by atoms with E-state index in [1.165, 1.54) is 24.5 Å². The van der Waals surface area contributed by atoms with E-state index in [-0.39, 0.29) is 27.4 Å². The van der Waals surface area contributed by atoms with E-state index in [2.05, 4.69) is 15.3 Å². The van der Waals surface area contributed by atoms with Crippen LogP contribution >= 0.6 is 23.2 Å². The Bertz CT molecular complexity index is 1210. The monoisotopic (exact) mass is 478 g/mol. The molecule has 0 bridgehead atoms. The van der Waals surface area contributed by atoms with Gasteiger partial charge in [-0.1, -0.05) is 23.2 Å². The van der Waals surface area contributed by atoms with Crippen molar-refractivity contribution in [2.24, 2.45) is 0 Å². The molecule has 0 saturated carbocycles. The van der Waals surface area contributed by atoms with Gasteiger partial charge in [-0.25, -0.2) is 19.2 Å². The highest BCUT2D eigenvalue weighted by Gasteiger charge is 2.36. The van der Waals surface area contributed by atoms with Crippen LogP contribution < -0.4 is 5.32 Å². The summed E-state index contributed by atoms with van der Waals surface area (Å²) >= 11 is 11.8. The molecule has 7 nitrogen and oxygen atoms in total. The Morgan fingerprint density at radius 2 is 1.97 bits per heavy atom. The number of hydrogen-bond donors (Lipinski definition) is 2. The van der Waals surface area contributed by atoms with Gasteiger partial charge in [0.05, 0.1) is 21.2 Å². The van der Waals surface area contributed by atoms with Crippen molar-refractivity contribution >= 4 is 51.7 Å². The van der Waals surface area contributed by atoms with E-state index in [0.717, 1.165) is 0 Å². The minimum Gasteiger partial charge on any atom is -0.508 e. The average molecular weight is 479 g/mol. The zero-order valence-corrected chi connectivity index (χ0v) is 19.1. The first-order valence-electron chi connectivity index (χ1n) is 9.89. The largest absolute Gasteiger partial charge is 0.508 e. The number of phenolic OH excluding ortho intramolecular Hbond substituents is 1. The SMILES string of the molecule is CC(C)(C)OC(=O)N1CC(c2cc3c(Nc4ccc(Cl)c(Cl)c4F)ncnc3cc2O)C1. The number of rotatable bonds is 3. The molecule has 1 aromatic heterocycles. The maximum atomic E-state index is 14.5. The first-order valence-corrected chi connectivity index (χ1v) is 10.6. The van der Waals surface area contributed by atoms with Crippen LogP contribution in [0.2, 0.25) is 10.0 Å². The molecule has 0 radical (unpaired) electrons. The third-order valence-electron chi connectivity index (χ3n) is 5.05. The fourth-order valence-corrected chi connectivity index (χ4v) is 3.75. The van der Waals surface area contributed by atoms with Crippen molar-refractivity contribution in [1.29, 1.82) is 0 Å². The zero-order valence-electron chi connectivity index (χ0n) is 17.6. The van der Waals surface area contributed by atoms with E-state index in [1.54, 1.807) is 11.0 Å². The van der Waals surface area contributed by atoms with E-state index in [1.807, 2.05) is 20.8 Å². The van der Waals surface area contributed by atoms with Crippen LogP contribution in [0.25, 0.3) is 10.9 Å². The van der Waals surface area contributed by atoms with Crippen molar-refractivity contribution < 1.29 is 19.0 Å². The molecule has 1 amide bonds. The molecule has 4 rings (SSSR count). The molecule has 1 fully saturated rings. The first kappa shape index (κ1) is 22.4. The number of likely N-dealkylation sites (tertiary alicyclic amines) is 1. The standard InChI is InChI=1S/C22H21Cl2FN4O3/c1-22(2,3)32-21(31)29-8-11(9-29)12-6-13-16(7-17(12)30)26-10-27-20(13)28-15-5-4-14(23)18(24)19(15)25/h4-7,10-11,30H,8-9H2,1-3H3,(H,26,27,28). The van der Waals surface area contributed by atoms with Crippen molar-refractivity contribution in [3.63, 3.8) is 0 Å². The smallest absolute Gasteiger partial charge is 0.410 e. The van der Waals surface area contributed by atoms with Gasteiger partial charge in [0.15, 0.2) is 5.82 Å². The lowest BCUT2D eigenvalue weighted by Gasteiger charge is -2.40. The van der Waals surface area contributed by atoms with Gasteiger partial charge in [0.1, 0.15) is 23.5 Å². The lowest BCUT2D eigenvalue weighted by atomic mass is 9.90. The highest BCUT2D eigenvalue weighted by Crippen LogP contribution is 2.38. The summed E-state index contributed by atoms with van der Waals surface area (Å²) in [4.78, 5) is 22.2. The van der Waals surface area contributed by atoms with Gasteiger partial charge in [-0.05, 0) is 39.0 Å². The summed E-state index contributed by atoms with van der Waals surface area (Å²) in [6.07, 6.45) is 0.919. The van der Waals surface area contributed by atoms with Crippen LogP contribution in [0.15, 0.2) is 30.6 Å². The summed E-state index contributed by atoms with van der Waals surface area (Å²) in [5, 5.41) is 14.0. The highest BCUT2D eigenvalue weighted by molar-refractivity contribution is 6.42. The molecule has 0 aliphatic carbocycles. The van der Waals surface area contributed by atoms with Crippen LogP contribution in [-0.4, -0.2) is 44.8 Å². The third-order valence-corrected chi connectivity index (χ3v) is 5.83. The van der Waals surface area contributed by atoms with Gasteiger partial charge in [-0.2, -0.15) is 0 Å². The second-order valence-corrected chi connectivity index (χ2v) is 9.37. The predicted molar refractivity (Wildman–Crippen MR) is 121 cm³/mol. The molecule has 1 aliphatic rings. The molecule has 0 atom stereocenters. The highest BCUT2D eigenvalue weighted by atomic mass is 35.5. The molecule has 2 aromatic carbocycles. The van der Waals surface area contributed by atoms with Crippen molar-refractivity contribution in [1.82, 2.24) is 14.9 Å². The van der Waals surface area contributed by atoms with Gasteiger partial charge >= 0.3 is 6.09 Å². The molecule has 168 valence electrons. The van der Waals surface area contributed by atoms with E-state index < -0.39 is 17.5 Å². The van der Waals surface area contributed by atoms with E-state index in [0.29, 0.717) is 35.4 Å². The fraction of sp³-hybridized carbons (Fsp3) is 0.318. The Labute approximate surface area is 194 Å². The van der Waals surface area contributed by atoms with Gasteiger partial charge in [0, 0.05) is 36.0 Å². The molecular formula is C22H21Cl2FN4O3. The summed E-state index contributed by atoms with van der Waals surface area (Å²) in [6.45, 7) is 6.24. The van der Waals surface area contributed by atoms with Crippen LogP contribution in [0.5, 0.6) is 5.75 Å². The quantitative estimate of drug-likeness (QED) is 0.458. The number of carbonyl (C=O) groups is 1. The van der Waals surface area contributed by atoms with Gasteiger partial charge in [0.2, 0.25) is 0 Å². The number of aromatic hydroxyl groups is 1. The maximum absolute atomic E-state index is 14.5. The maximum Gasteiger partial charge on any atom is 0.410 e. The lowest BCUT2D eigenvalue weighted by molar-refractivity contribution is 0.00800. The number of nitrogens with one attached hydrogen (secondary N) is 1. The minimum atomic E-state index is -0.697. The Kier molecular flexibility index (Phi) is 5.77. The number of anilines is 2. The van der Waals surface area contributed by atoms with Crippen LogP contribution in [0, 0.1) is 5.82 Å². The number of fused-ring (bicyclic) bond motifs is 1. The number of phenols is 1. The number of ether oxygens (including phenoxy) is 1. The summed E-state index contributed by atoms with van der Waals surface area (Å²) in [5.74, 6) is -0.368. The van der Waals surface area contributed by atoms with Crippen LogP contribution in [0.1, 0.15) is 32.3 Å². The first-order chi connectivity index (χ1) is 15.0. The molecule has 1 saturated heterocycles. The van der Waals surface area contributed by atoms with Crippen molar-refractivity contribution in [3.05, 3.63) is 52.0 Å². The number of hydrogen-bond acceptors (Lipinski definition) is 6. The lowest BCUT2D eigenvalue weighted by Crippen LogP contribution is -2.50. The molecule has 0 spiro atoms. The van der Waals surface area contributed by atoms with E-state index >= 15 is 0 Å². The van der Waals surface area contributed by atoms with Crippen molar-refractivity contribution in [3.8, 4) is 5.75 Å². The summed E-state index contributed by atoms with van der Waals surface area (Å²) in [5.41, 5.74) is 0.649. The molecule has 3 aromatic rings. The minimum absolute atomic E-state index is 0.0664. The molecule has 2 N–H and O–H groups in total. The molecule has 0 unspecified atom stereocenters. The Balaban J connectivity index is 1.61. The number of amides is 1. The normalized spacial score (nSPS) is 14.4. The Morgan fingerprint density at radius 3 is 2.66 bits per heavy atom. The third kappa shape index (κ3) is 4.38. The number of aromatic nitrogens is 2. The van der Waals surface area contributed by atoms with Gasteiger partial charge in [0.25, 0.3) is 0 Å². The topological polar surface area (TPSA) is 87.6 Å². The second-order valence-electron chi connectivity index (χ2n) is 8.58. The fourth-order valence-electron chi connectivity index (χ4n) is 3.44. The number of benzene rings is 2. The molecular weight excluding hydrogens is 458 g/mol. The Hall–Kier alpha value is -2.84. The summed E-state index contributed by atoms with van der Waals surface area (Å²) in [6, 6.07) is 6.22. The van der Waals surface area contributed by atoms with Gasteiger partial charge in [-0.3, -0.25) is 0 Å². The molecule has 32 heavy (non-hydrogen) atoms. The molecule has 1 aliphatic heterocycles. The average Bonchev–Trinajstić information content (AvgIpc) is 2.66. The van der Waals surface area contributed by atoms with Crippen LogP contribution in [-0.2, 0) is 4.74 Å². The summed E-state index contributed by atoms with van der Waals surface area (Å²) in [7, 11) is 0. The van der Waals surface area contributed by atoms with Gasteiger partial charge < -0.3 is 20.1 Å². The number of carbonyl (C=O) groups excluding carboxylic acids is 1. The predicted octanol–water partition coefficient (Wildman–Crippen LogP) is 5.86. The zero-order chi connectivity index (χ0) is 23.2.